The zero-order valence-corrected chi connectivity index (χ0v) is 17.2. The fourth-order valence-electron chi connectivity index (χ4n) is 2.83. The molecule has 0 saturated heterocycles. The normalized spacial score (nSPS) is 12.1. The largest absolute Gasteiger partial charge is 0.454 e. The van der Waals surface area contributed by atoms with Crippen molar-refractivity contribution in [3.63, 3.8) is 0 Å². The minimum Gasteiger partial charge on any atom is -0.454 e. The molecule has 3 aromatic carbocycles. The monoisotopic (exact) mass is 436 g/mol. The number of hydrazone groups is 1. The van der Waals surface area contributed by atoms with Crippen LogP contribution < -0.4 is 19.6 Å². The summed E-state index contributed by atoms with van der Waals surface area (Å²) in [7, 11) is 0. The predicted molar refractivity (Wildman–Crippen MR) is 115 cm³/mol. The van der Waals surface area contributed by atoms with Crippen molar-refractivity contribution in [2.75, 3.05) is 6.79 Å². The molecule has 0 unspecified atom stereocenters. The molecule has 0 atom stereocenters. The maximum atomic E-state index is 12.6. The first-order chi connectivity index (χ1) is 15.0. The molecule has 0 spiro atoms. The number of amides is 1. The van der Waals surface area contributed by atoms with Crippen LogP contribution in [-0.2, 0) is 0 Å². The molecule has 156 valence electrons. The summed E-state index contributed by atoms with van der Waals surface area (Å²) in [5, 5.41) is 4.38. The molecule has 0 radical (unpaired) electrons. The molecule has 8 heteroatoms. The summed E-state index contributed by atoms with van der Waals surface area (Å²) in [6.07, 6.45) is 1.36. The molecule has 31 heavy (non-hydrogen) atoms. The van der Waals surface area contributed by atoms with Gasteiger partial charge in [0.25, 0.3) is 5.91 Å². The smallest absolute Gasteiger partial charge is 0.343 e. The first kappa shape index (κ1) is 20.4. The number of carbonyl (C=O) groups is 2. The lowest BCUT2D eigenvalue weighted by Crippen LogP contribution is -2.17. The second kappa shape index (κ2) is 8.89. The lowest BCUT2D eigenvalue weighted by atomic mass is 10.1. The highest BCUT2D eigenvalue weighted by Crippen LogP contribution is 2.33. The van der Waals surface area contributed by atoms with Gasteiger partial charge in [0.2, 0.25) is 6.79 Å². The minimum absolute atomic E-state index is 0.111. The highest BCUT2D eigenvalue weighted by atomic mass is 35.5. The van der Waals surface area contributed by atoms with E-state index in [0.717, 1.165) is 5.56 Å². The Morgan fingerprint density at radius 3 is 2.55 bits per heavy atom. The molecule has 1 N–H and O–H groups in total. The fourth-order valence-corrected chi connectivity index (χ4v) is 3.01. The van der Waals surface area contributed by atoms with Crippen LogP contribution in [-0.4, -0.2) is 24.9 Å². The molecular formula is C23H17ClN2O5. The molecule has 0 aliphatic carbocycles. The van der Waals surface area contributed by atoms with Crippen LogP contribution >= 0.6 is 11.6 Å². The van der Waals surface area contributed by atoms with Crippen molar-refractivity contribution in [1.82, 2.24) is 5.43 Å². The molecule has 0 fully saturated rings. The van der Waals surface area contributed by atoms with Gasteiger partial charge in [0.1, 0.15) is 5.75 Å². The quantitative estimate of drug-likeness (QED) is 0.278. The summed E-state index contributed by atoms with van der Waals surface area (Å²) in [5.41, 5.74) is 4.69. The fraction of sp³-hybridized carbons (Fsp3) is 0.0870. The van der Waals surface area contributed by atoms with Gasteiger partial charge in [-0.1, -0.05) is 29.3 Å². The van der Waals surface area contributed by atoms with E-state index in [9.17, 15) is 9.59 Å². The van der Waals surface area contributed by atoms with E-state index < -0.39 is 5.97 Å². The molecule has 7 nitrogen and oxygen atoms in total. The summed E-state index contributed by atoms with van der Waals surface area (Å²) in [4.78, 5) is 24.8. The number of fused-ring (bicyclic) bond motifs is 1. The molecule has 1 amide bonds. The molecule has 1 heterocycles. The summed E-state index contributed by atoms with van der Waals surface area (Å²) < 4.78 is 16.0. The Morgan fingerprint density at radius 1 is 1.00 bits per heavy atom. The molecule has 4 rings (SSSR count). The van der Waals surface area contributed by atoms with E-state index in [4.69, 9.17) is 25.8 Å². The van der Waals surface area contributed by atoms with E-state index in [1.54, 1.807) is 48.5 Å². The summed E-state index contributed by atoms with van der Waals surface area (Å²) in [5.74, 6) is 0.336. The van der Waals surface area contributed by atoms with Gasteiger partial charge < -0.3 is 14.2 Å². The lowest BCUT2D eigenvalue weighted by Gasteiger charge is -2.08. The number of rotatable bonds is 5. The van der Waals surface area contributed by atoms with Crippen LogP contribution in [0.4, 0.5) is 0 Å². The minimum atomic E-state index is -0.584. The Labute approximate surface area is 183 Å². The van der Waals surface area contributed by atoms with Crippen LogP contribution in [0.15, 0.2) is 65.8 Å². The number of hydrogen-bond acceptors (Lipinski definition) is 6. The van der Waals surface area contributed by atoms with Crippen molar-refractivity contribution in [1.29, 1.82) is 0 Å². The van der Waals surface area contributed by atoms with Crippen molar-refractivity contribution in [3.8, 4) is 17.2 Å². The molecular weight excluding hydrogens is 420 g/mol. The van der Waals surface area contributed by atoms with Gasteiger partial charge in [-0.05, 0) is 55.5 Å². The second-order valence-corrected chi connectivity index (χ2v) is 7.14. The summed E-state index contributed by atoms with van der Waals surface area (Å²) in [6.45, 7) is 2.05. The zero-order chi connectivity index (χ0) is 21.8. The highest BCUT2D eigenvalue weighted by Gasteiger charge is 2.18. The van der Waals surface area contributed by atoms with Crippen LogP contribution in [0.5, 0.6) is 17.2 Å². The first-order valence-electron chi connectivity index (χ1n) is 9.31. The molecule has 3 aromatic rings. The Kier molecular flexibility index (Phi) is 5.86. The van der Waals surface area contributed by atoms with E-state index >= 15 is 0 Å². The Balaban J connectivity index is 1.48. The number of hydrogen-bond donors (Lipinski definition) is 1. The van der Waals surface area contributed by atoms with Gasteiger partial charge in [-0.15, -0.1) is 0 Å². The number of nitrogens with zero attached hydrogens (tertiary/aromatic N) is 1. The van der Waals surface area contributed by atoms with Gasteiger partial charge in [-0.2, -0.15) is 5.10 Å². The van der Waals surface area contributed by atoms with Gasteiger partial charge >= 0.3 is 5.97 Å². The van der Waals surface area contributed by atoms with E-state index in [1.165, 1.54) is 6.21 Å². The number of benzene rings is 3. The van der Waals surface area contributed by atoms with Crippen molar-refractivity contribution in [3.05, 3.63) is 87.9 Å². The van der Waals surface area contributed by atoms with Crippen molar-refractivity contribution < 1.29 is 23.8 Å². The van der Waals surface area contributed by atoms with Gasteiger partial charge in [-0.3, -0.25) is 4.79 Å². The van der Waals surface area contributed by atoms with Crippen LogP contribution in [0, 0.1) is 6.92 Å². The number of ether oxygens (including phenoxy) is 3. The third-order valence-electron chi connectivity index (χ3n) is 4.47. The average molecular weight is 437 g/mol. The maximum absolute atomic E-state index is 12.6. The second-order valence-electron chi connectivity index (χ2n) is 6.70. The molecule has 1 aliphatic rings. The third kappa shape index (κ3) is 4.84. The molecule has 0 bridgehead atoms. The van der Waals surface area contributed by atoms with E-state index in [0.29, 0.717) is 33.2 Å². The number of carbonyl (C=O) groups excluding carboxylic acids is 2. The zero-order valence-electron chi connectivity index (χ0n) is 16.4. The lowest BCUT2D eigenvalue weighted by molar-refractivity contribution is 0.0733. The standard InChI is InChI=1S/C23H17ClN2O5/c1-14-2-4-15(5-3-14)22(27)26-25-12-17-10-18(24)7-9-19(17)31-23(28)16-6-8-20-21(11-16)30-13-29-20/h2-12H,13H2,1H3,(H,26,27)/b25-12-. The van der Waals surface area contributed by atoms with Crippen molar-refractivity contribution >= 4 is 29.7 Å². The average Bonchev–Trinajstić information content (AvgIpc) is 3.24. The molecule has 0 saturated carbocycles. The van der Waals surface area contributed by atoms with Crippen molar-refractivity contribution in [2.24, 2.45) is 5.10 Å². The number of halogens is 1. The van der Waals surface area contributed by atoms with Gasteiger partial charge in [0.05, 0.1) is 11.8 Å². The Bertz CT molecular complexity index is 1180. The molecule has 1 aliphatic heterocycles. The number of esters is 1. The SMILES string of the molecule is Cc1ccc(C(=O)N/N=C\c2cc(Cl)ccc2OC(=O)c2ccc3c(c2)OCO3)cc1. The van der Waals surface area contributed by atoms with E-state index in [-0.39, 0.29) is 18.4 Å². The Hall–Kier alpha value is -3.84. The highest BCUT2D eigenvalue weighted by molar-refractivity contribution is 6.31. The third-order valence-corrected chi connectivity index (χ3v) is 4.70. The van der Waals surface area contributed by atoms with Gasteiger partial charge in [0, 0.05) is 16.1 Å². The van der Waals surface area contributed by atoms with E-state index in [1.807, 2.05) is 19.1 Å². The Morgan fingerprint density at radius 2 is 1.74 bits per heavy atom. The van der Waals surface area contributed by atoms with Crippen molar-refractivity contribution in [2.45, 2.75) is 6.92 Å². The van der Waals surface area contributed by atoms with Gasteiger partial charge in [0.15, 0.2) is 11.5 Å². The predicted octanol–water partition coefficient (Wildman–Crippen LogP) is 4.36. The topological polar surface area (TPSA) is 86.2 Å². The van der Waals surface area contributed by atoms with Crippen LogP contribution in [0.3, 0.4) is 0 Å². The molecule has 0 aromatic heterocycles. The summed E-state index contributed by atoms with van der Waals surface area (Å²) >= 11 is 6.07. The van der Waals surface area contributed by atoms with Crippen LogP contribution in [0.1, 0.15) is 31.8 Å². The first-order valence-corrected chi connectivity index (χ1v) is 9.69. The van der Waals surface area contributed by atoms with Gasteiger partial charge in [-0.25, -0.2) is 10.2 Å². The van der Waals surface area contributed by atoms with Crippen LogP contribution in [0.2, 0.25) is 5.02 Å². The number of nitrogens with one attached hydrogen (secondary N) is 1. The summed E-state index contributed by atoms with van der Waals surface area (Å²) in [6, 6.07) is 16.6. The van der Waals surface area contributed by atoms with Crippen LogP contribution in [0.25, 0.3) is 0 Å². The maximum Gasteiger partial charge on any atom is 0.343 e. The number of aryl methyl sites for hydroxylation is 1. The van der Waals surface area contributed by atoms with E-state index in [2.05, 4.69) is 10.5 Å².